The van der Waals surface area contributed by atoms with Crippen molar-refractivity contribution in [1.29, 1.82) is 0 Å². The molecule has 2 rings (SSSR count). The molecular weight excluding hydrogens is 188 g/mol. The molecule has 0 atom stereocenters. The topological polar surface area (TPSA) is 56.0 Å². The summed E-state index contributed by atoms with van der Waals surface area (Å²) in [6.45, 7) is 0. The molecule has 1 heterocycles. The molecule has 2 aromatic rings. The van der Waals surface area contributed by atoms with E-state index in [-0.39, 0.29) is 5.78 Å². The largest absolute Gasteiger partial charge is 0.397 e. The van der Waals surface area contributed by atoms with Gasteiger partial charge in [-0.1, -0.05) is 30.3 Å². The minimum absolute atomic E-state index is 0.0736. The van der Waals surface area contributed by atoms with Crippen LogP contribution in [0.5, 0.6) is 0 Å². The van der Waals surface area contributed by atoms with E-state index in [0.717, 1.165) is 0 Å². The maximum Gasteiger partial charge on any atom is 0.195 e. The Balaban J connectivity index is 2.42. The van der Waals surface area contributed by atoms with Gasteiger partial charge in [0.15, 0.2) is 5.78 Å². The first-order valence-corrected chi connectivity index (χ1v) is 4.58. The predicted octanol–water partition coefficient (Wildman–Crippen LogP) is 1.89. The Morgan fingerprint density at radius 1 is 1.13 bits per heavy atom. The number of anilines is 1. The number of nitrogens with zero attached hydrogens (tertiary/aromatic N) is 1. The number of rotatable bonds is 2. The smallest absolute Gasteiger partial charge is 0.195 e. The van der Waals surface area contributed by atoms with E-state index in [2.05, 4.69) is 4.98 Å². The highest BCUT2D eigenvalue weighted by atomic mass is 16.1. The molecule has 3 heteroatoms. The molecule has 0 aliphatic heterocycles. The number of benzene rings is 1. The minimum Gasteiger partial charge on any atom is -0.397 e. The second-order valence-corrected chi connectivity index (χ2v) is 3.16. The average molecular weight is 198 g/mol. The Kier molecular flexibility index (Phi) is 2.46. The Morgan fingerprint density at radius 3 is 2.53 bits per heavy atom. The van der Waals surface area contributed by atoms with E-state index in [9.17, 15) is 4.79 Å². The third-order valence-electron chi connectivity index (χ3n) is 2.13. The summed E-state index contributed by atoms with van der Waals surface area (Å²) in [5.41, 5.74) is 7.22. The summed E-state index contributed by atoms with van der Waals surface area (Å²) in [6, 6.07) is 10.7. The van der Waals surface area contributed by atoms with Gasteiger partial charge in [0.1, 0.15) is 0 Å². The van der Waals surface area contributed by atoms with Crippen molar-refractivity contribution in [3.63, 3.8) is 0 Å². The Morgan fingerprint density at radius 2 is 1.87 bits per heavy atom. The summed E-state index contributed by atoms with van der Waals surface area (Å²) in [5.74, 6) is -0.0736. The number of pyridine rings is 1. The van der Waals surface area contributed by atoms with E-state index >= 15 is 0 Å². The van der Waals surface area contributed by atoms with Gasteiger partial charge in [-0.05, 0) is 6.07 Å². The lowest BCUT2D eigenvalue weighted by atomic mass is 10.0. The van der Waals surface area contributed by atoms with E-state index in [1.54, 1.807) is 24.4 Å². The van der Waals surface area contributed by atoms with Gasteiger partial charge in [0, 0.05) is 17.3 Å². The van der Waals surface area contributed by atoms with Crippen molar-refractivity contribution in [2.75, 3.05) is 5.73 Å². The Hall–Kier alpha value is -2.16. The van der Waals surface area contributed by atoms with Crippen molar-refractivity contribution < 1.29 is 4.79 Å². The second kappa shape index (κ2) is 3.92. The summed E-state index contributed by atoms with van der Waals surface area (Å²) in [5, 5.41) is 0. The normalized spacial score (nSPS) is 9.87. The van der Waals surface area contributed by atoms with E-state index in [1.165, 1.54) is 6.20 Å². The molecule has 1 aromatic carbocycles. The molecule has 0 spiro atoms. The molecule has 0 aliphatic rings. The number of hydrogen-bond acceptors (Lipinski definition) is 3. The van der Waals surface area contributed by atoms with Gasteiger partial charge in [-0.2, -0.15) is 0 Å². The Labute approximate surface area is 87.6 Å². The van der Waals surface area contributed by atoms with Gasteiger partial charge in [-0.25, -0.2) is 0 Å². The van der Waals surface area contributed by atoms with Crippen LogP contribution in [0.15, 0.2) is 48.8 Å². The molecule has 2 N–H and O–H groups in total. The lowest BCUT2D eigenvalue weighted by Crippen LogP contribution is -2.05. The first-order chi connectivity index (χ1) is 7.29. The molecule has 0 fully saturated rings. The average Bonchev–Trinajstić information content (AvgIpc) is 2.30. The zero-order chi connectivity index (χ0) is 10.7. The molecule has 15 heavy (non-hydrogen) atoms. The van der Waals surface area contributed by atoms with Crippen molar-refractivity contribution in [2.24, 2.45) is 0 Å². The summed E-state index contributed by atoms with van der Waals surface area (Å²) in [7, 11) is 0. The van der Waals surface area contributed by atoms with E-state index in [4.69, 9.17) is 5.73 Å². The predicted molar refractivity (Wildman–Crippen MR) is 58.5 cm³/mol. The van der Waals surface area contributed by atoms with Gasteiger partial charge in [0.05, 0.1) is 11.9 Å². The van der Waals surface area contributed by atoms with Crippen LogP contribution in [0, 0.1) is 0 Å². The number of carbonyl (C=O) groups excluding carboxylic acids is 1. The molecule has 0 radical (unpaired) electrons. The quantitative estimate of drug-likeness (QED) is 0.750. The fourth-order valence-electron chi connectivity index (χ4n) is 1.36. The molecule has 0 bridgehead atoms. The maximum absolute atomic E-state index is 12.0. The number of nitrogens with two attached hydrogens (primary N) is 1. The number of ketones is 1. The maximum atomic E-state index is 12.0. The van der Waals surface area contributed by atoms with Crippen LogP contribution in [0.4, 0.5) is 5.69 Å². The van der Waals surface area contributed by atoms with Gasteiger partial charge in [0.25, 0.3) is 0 Å². The number of hydrogen-bond donors (Lipinski definition) is 1. The van der Waals surface area contributed by atoms with Gasteiger partial charge in [-0.15, -0.1) is 0 Å². The van der Waals surface area contributed by atoms with Crippen LogP contribution in [0.1, 0.15) is 15.9 Å². The van der Waals surface area contributed by atoms with Gasteiger partial charge >= 0.3 is 0 Å². The number of nitrogen functional groups attached to an aromatic ring is 1. The number of carbonyl (C=O) groups is 1. The fraction of sp³-hybridized carbons (Fsp3) is 0. The van der Waals surface area contributed by atoms with Crippen LogP contribution in [0.2, 0.25) is 0 Å². The third-order valence-corrected chi connectivity index (χ3v) is 2.13. The molecule has 74 valence electrons. The zero-order valence-electron chi connectivity index (χ0n) is 8.05. The highest BCUT2D eigenvalue weighted by Crippen LogP contribution is 2.14. The Bertz CT molecular complexity index is 480. The van der Waals surface area contributed by atoms with Crippen LogP contribution >= 0.6 is 0 Å². The molecule has 0 saturated heterocycles. The van der Waals surface area contributed by atoms with Crippen LogP contribution < -0.4 is 5.73 Å². The summed E-state index contributed by atoms with van der Waals surface area (Å²) in [4.78, 5) is 15.8. The monoisotopic (exact) mass is 198 g/mol. The SMILES string of the molecule is Nc1cnccc1C(=O)c1ccccc1. The summed E-state index contributed by atoms with van der Waals surface area (Å²) < 4.78 is 0. The third kappa shape index (κ3) is 1.86. The van der Waals surface area contributed by atoms with Crippen LogP contribution in [0.25, 0.3) is 0 Å². The van der Waals surface area contributed by atoms with Gasteiger partial charge < -0.3 is 5.73 Å². The van der Waals surface area contributed by atoms with E-state index in [1.807, 2.05) is 18.2 Å². The minimum atomic E-state index is -0.0736. The van der Waals surface area contributed by atoms with E-state index in [0.29, 0.717) is 16.8 Å². The van der Waals surface area contributed by atoms with Crippen LogP contribution in [-0.4, -0.2) is 10.8 Å². The van der Waals surface area contributed by atoms with Gasteiger partial charge in [-0.3, -0.25) is 9.78 Å². The van der Waals surface area contributed by atoms with E-state index < -0.39 is 0 Å². The van der Waals surface area contributed by atoms with Crippen LogP contribution in [0.3, 0.4) is 0 Å². The molecular formula is C12H10N2O. The number of aromatic nitrogens is 1. The first-order valence-electron chi connectivity index (χ1n) is 4.58. The molecule has 3 nitrogen and oxygen atoms in total. The van der Waals surface area contributed by atoms with Crippen LogP contribution in [-0.2, 0) is 0 Å². The molecule has 1 aromatic heterocycles. The highest BCUT2D eigenvalue weighted by molar-refractivity contribution is 6.11. The molecule has 0 saturated carbocycles. The first kappa shape index (κ1) is 9.40. The van der Waals surface area contributed by atoms with Crippen molar-refractivity contribution in [2.45, 2.75) is 0 Å². The second-order valence-electron chi connectivity index (χ2n) is 3.16. The zero-order valence-corrected chi connectivity index (χ0v) is 8.05. The van der Waals surface area contributed by atoms with Crippen molar-refractivity contribution in [1.82, 2.24) is 4.98 Å². The lowest BCUT2D eigenvalue weighted by molar-refractivity contribution is 0.103. The van der Waals surface area contributed by atoms with Gasteiger partial charge in [0.2, 0.25) is 0 Å². The fourth-order valence-corrected chi connectivity index (χ4v) is 1.36. The summed E-state index contributed by atoms with van der Waals surface area (Å²) >= 11 is 0. The van der Waals surface area contributed by atoms with Crippen molar-refractivity contribution in [3.8, 4) is 0 Å². The van der Waals surface area contributed by atoms with Crippen molar-refractivity contribution in [3.05, 3.63) is 59.9 Å². The molecule has 0 amide bonds. The molecule has 0 unspecified atom stereocenters. The highest BCUT2D eigenvalue weighted by Gasteiger charge is 2.10. The molecule has 0 aliphatic carbocycles. The van der Waals surface area contributed by atoms with Crippen molar-refractivity contribution >= 4 is 11.5 Å². The lowest BCUT2D eigenvalue weighted by Gasteiger charge is -2.03. The summed E-state index contributed by atoms with van der Waals surface area (Å²) in [6.07, 6.45) is 3.04. The standard InChI is InChI=1S/C12H10N2O/c13-11-8-14-7-6-10(11)12(15)9-4-2-1-3-5-9/h1-8H,13H2.